The molecule has 1 N–H and O–H groups in total. The van der Waals surface area contributed by atoms with Crippen LogP contribution in [0.3, 0.4) is 0 Å². The fraction of sp³-hybridized carbons (Fsp3) is 0.562. The first kappa shape index (κ1) is 15.0. The van der Waals surface area contributed by atoms with Gasteiger partial charge in [-0.25, -0.2) is 4.79 Å². The van der Waals surface area contributed by atoms with Gasteiger partial charge in [0, 0.05) is 0 Å². The largest absolute Gasteiger partial charge is 0.464 e. The zero-order valence-corrected chi connectivity index (χ0v) is 12.2. The van der Waals surface area contributed by atoms with Crippen molar-refractivity contribution in [2.24, 2.45) is 0 Å². The van der Waals surface area contributed by atoms with E-state index >= 15 is 0 Å². The van der Waals surface area contributed by atoms with Crippen molar-refractivity contribution in [3.63, 3.8) is 0 Å². The number of hydrogen-bond acceptors (Lipinski definition) is 4. The number of esters is 1. The van der Waals surface area contributed by atoms with Crippen molar-refractivity contribution < 1.29 is 14.3 Å². The van der Waals surface area contributed by atoms with Crippen LogP contribution < -0.4 is 5.32 Å². The molecule has 0 bridgehead atoms. The Morgan fingerprint density at radius 1 is 1.35 bits per heavy atom. The number of likely N-dealkylation sites (N-methyl/N-ethyl adjacent to an activating group) is 1. The lowest BCUT2D eigenvalue weighted by molar-refractivity contribution is -0.156. The molecule has 0 radical (unpaired) electrons. The molecule has 0 aromatic heterocycles. The molecule has 1 atom stereocenters. The maximum absolute atomic E-state index is 12.5. The van der Waals surface area contributed by atoms with Gasteiger partial charge in [-0.15, -0.1) is 0 Å². The van der Waals surface area contributed by atoms with E-state index in [1.165, 1.54) is 6.42 Å². The molecular formula is C16H23NO3. The molecule has 20 heavy (non-hydrogen) atoms. The Kier molecular flexibility index (Phi) is 5.15. The molecule has 1 fully saturated rings. The maximum atomic E-state index is 12.5. The van der Waals surface area contributed by atoms with Gasteiger partial charge in [-0.1, -0.05) is 30.3 Å². The number of rotatable bonds is 7. The van der Waals surface area contributed by atoms with Crippen LogP contribution in [0.25, 0.3) is 0 Å². The molecule has 110 valence electrons. The van der Waals surface area contributed by atoms with Crippen molar-refractivity contribution in [3.05, 3.63) is 35.9 Å². The first-order valence-corrected chi connectivity index (χ1v) is 7.26. The molecule has 1 aliphatic carbocycles. The minimum Gasteiger partial charge on any atom is -0.464 e. The van der Waals surface area contributed by atoms with Crippen LogP contribution in [-0.4, -0.2) is 32.3 Å². The highest BCUT2D eigenvalue weighted by Crippen LogP contribution is 2.28. The van der Waals surface area contributed by atoms with E-state index in [1.54, 1.807) is 7.05 Å². The quantitative estimate of drug-likeness (QED) is 0.776. The zero-order valence-electron chi connectivity index (χ0n) is 12.2. The van der Waals surface area contributed by atoms with Crippen LogP contribution in [0, 0.1) is 0 Å². The summed E-state index contributed by atoms with van der Waals surface area (Å²) in [6.07, 6.45) is 3.65. The van der Waals surface area contributed by atoms with E-state index in [4.69, 9.17) is 9.47 Å². The highest BCUT2D eigenvalue weighted by molar-refractivity contribution is 5.83. The van der Waals surface area contributed by atoms with Gasteiger partial charge in [0.25, 0.3) is 0 Å². The second kappa shape index (κ2) is 6.86. The van der Waals surface area contributed by atoms with Gasteiger partial charge in [-0.3, -0.25) is 5.32 Å². The third-order valence-electron chi connectivity index (χ3n) is 3.90. The summed E-state index contributed by atoms with van der Waals surface area (Å²) < 4.78 is 11.1. The van der Waals surface area contributed by atoms with Crippen LogP contribution in [0.15, 0.2) is 30.3 Å². The fourth-order valence-electron chi connectivity index (χ4n) is 2.34. The number of carbonyl (C=O) groups excluding carboxylic acids is 1. The standard InChI is InChI=1S/C16H23NO3/c1-3-19-15(18)16(17-2,12-20-14-10-7-11-14)13-8-5-4-6-9-13/h4-6,8-9,14,17H,3,7,10-12H2,1-2H3. The lowest BCUT2D eigenvalue weighted by Gasteiger charge is -2.35. The maximum Gasteiger partial charge on any atom is 0.333 e. The van der Waals surface area contributed by atoms with Crippen LogP contribution >= 0.6 is 0 Å². The van der Waals surface area contributed by atoms with Crippen molar-refractivity contribution >= 4 is 5.97 Å². The number of carbonyl (C=O) groups is 1. The van der Waals surface area contributed by atoms with E-state index in [0.717, 1.165) is 18.4 Å². The van der Waals surface area contributed by atoms with Gasteiger partial charge in [-0.2, -0.15) is 0 Å². The fourth-order valence-corrected chi connectivity index (χ4v) is 2.34. The van der Waals surface area contributed by atoms with E-state index < -0.39 is 5.54 Å². The number of hydrogen-bond donors (Lipinski definition) is 1. The number of ether oxygens (including phenoxy) is 2. The van der Waals surface area contributed by atoms with Gasteiger partial charge in [0.2, 0.25) is 0 Å². The lowest BCUT2D eigenvalue weighted by atomic mass is 9.90. The Hall–Kier alpha value is -1.39. The Balaban J connectivity index is 2.21. The monoisotopic (exact) mass is 277 g/mol. The topological polar surface area (TPSA) is 47.6 Å². The van der Waals surface area contributed by atoms with Crippen LogP contribution in [0.1, 0.15) is 31.7 Å². The molecule has 0 aliphatic heterocycles. The zero-order chi connectivity index (χ0) is 14.4. The average Bonchev–Trinajstić information content (AvgIpc) is 2.43. The van der Waals surface area contributed by atoms with Crippen molar-refractivity contribution in [1.29, 1.82) is 0 Å². The molecule has 1 saturated carbocycles. The first-order valence-electron chi connectivity index (χ1n) is 7.26. The highest BCUT2D eigenvalue weighted by Gasteiger charge is 2.41. The molecule has 0 amide bonds. The summed E-state index contributed by atoms with van der Waals surface area (Å²) >= 11 is 0. The summed E-state index contributed by atoms with van der Waals surface area (Å²) in [6.45, 7) is 2.48. The molecule has 4 nitrogen and oxygen atoms in total. The first-order chi connectivity index (χ1) is 9.73. The Labute approximate surface area is 120 Å². The van der Waals surface area contributed by atoms with Crippen molar-refractivity contribution in [2.45, 2.75) is 37.8 Å². The van der Waals surface area contributed by atoms with E-state index in [-0.39, 0.29) is 12.1 Å². The smallest absolute Gasteiger partial charge is 0.333 e. The predicted octanol–water partition coefficient (Wildman–Crippen LogP) is 2.23. The Morgan fingerprint density at radius 3 is 2.55 bits per heavy atom. The lowest BCUT2D eigenvalue weighted by Crippen LogP contribution is -2.53. The van der Waals surface area contributed by atoms with Gasteiger partial charge in [0.05, 0.1) is 19.3 Å². The summed E-state index contributed by atoms with van der Waals surface area (Å²) in [5.41, 5.74) is -0.0485. The highest BCUT2D eigenvalue weighted by atomic mass is 16.5. The average molecular weight is 277 g/mol. The molecule has 0 heterocycles. The van der Waals surface area contributed by atoms with Crippen LogP contribution in [0.4, 0.5) is 0 Å². The second-order valence-corrected chi connectivity index (χ2v) is 5.11. The third kappa shape index (κ3) is 3.02. The predicted molar refractivity (Wildman–Crippen MR) is 77.4 cm³/mol. The molecule has 2 rings (SSSR count). The molecule has 1 aromatic rings. The molecule has 1 unspecified atom stereocenters. The SMILES string of the molecule is CCOC(=O)C(COC1CCC1)(NC)c1ccccc1. The summed E-state index contributed by atoms with van der Waals surface area (Å²) in [6, 6.07) is 9.63. The van der Waals surface area contributed by atoms with Crippen molar-refractivity contribution in [1.82, 2.24) is 5.32 Å². The van der Waals surface area contributed by atoms with Crippen LogP contribution in [0.2, 0.25) is 0 Å². The Morgan fingerprint density at radius 2 is 2.05 bits per heavy atom. The van der Waals surface area contributed by atoms with E-state index in [9.17, 15) is 4.79 Å². The van der Waals surface area contributed by atoms with E-state index in [0.29, 0.717) is 13.2 Å². The minimum atomic E-state index is -0.924. The van der Waals surface area contributed by atoms with Crippen LogP contribution in [0.5, 0.6) is 0 Å². The van der Waals surface area contributed by atoms with Gasteiger partial charge < -0.3 is 9.47 Å². The van der Waals surface area contributed by atoms with Crippen molar-refractivity contribution in [2.75, 3.05) is 20.3 Å². The Bertz CT molecular complexity index is 431. The summed E-state index contributed by atoms with van der Waals surface area (Å²) in [7, 11) is 1.77. The van der Waals surface area contributed by atoms with Gasteiger partial charge in [0.1, 0.15) is 0 Å². The summed E-state index contributed by atoms with van der Waals surface area (Å²) in [5.74, 6) is -0.284. The van der Waals surface area contributed by atoms with Gasteiger partial charge >= 0.3 is 5.97 Å². The van der Waals surface area contributed by atoms with E-state index in [1.807, 2.05) is 37.3 Å². The van der Waals surface area contributed by atoms with Crippen LogP contribution in [-0.2, 0) is 19.8 Å². The third-order valence-corrected chi connectivity index (χ3v) is 3.90. The summed E-state index contributed by atoms with van der Waals surface area (Å²) in [4.78, 5) is 12.5. The molecule has 1 aliphatic rings. The number of nitrogens with one attached hydrogen (secondary N) is 1. The molecule has 4 heteroatoms. The number of benzene rings is 1. The minimum absolute atomic E-state index is 0.279. The molecule has 0 saturated heterocycles. The molecule has 1 aromatic carbocycles. The van der Waals surface area contributed by atoms with Crippen molar-refractivity contribution in [3.8, 4) is 0 Å². The van der Waals surface area contributed by atoms with E-state index in [2.05, 4.69) is 5.32 Å². The van der Waals surface area contributed by atoms with Gasteiger partial charge in [-0.05, 0) is 38.8 Å². The molecule has 0 spiro atoms. The second-order valence-electron chi connectivity index (χ2n) is 5.11. The summed E-state index contributed by atoms with van der Waals surface area (Å²) in [5, 5.41) is 3.12. The van der Waals surface area contributed by atoms with Gasteiger partial charge in [0.15, 0.2) is 5.54 Å². The molecular weight excluding hydrogens is 254 g/mol. The normalized spacial score (nSPS) is 18.1.